The average Bonchev–Trinajstić information content (AvgIpc) is 3.25. The van der Waals surface area contributed by atoms with Gasteiger partial charge in [-0.1, -0.05) is 55.5 Å². The molecule has 2 aromatic carbocycles. The molecule has 0 saturated heterocycles. The molecule has 0 aliphatic carbocycles. The molecule has 7 nitrogen and oxygen atoms in total. The Morgan fingerprint density at radius 2 is 1.84 bits per heavy atom. The standard InChI is InChI=1S/C23H24N4O3S/c1-13(2)21-25-26-23(31-21)24-20(28)18-16-7-5-6-8-17(16)22(29)27(3)19(18)14-9-11-15(30-4)12-10-14/h5-13,18-19H,1-4H3,(H,24,26,28)/t18-,19+/m0/s1. The Morgan fingerprint density at radius 1 is 1.13 bits per heavy atom. The van der Waals surface area contributed by atoms with E-state index in [4.69, 9.17) is 4.74 Å². The molecule has 2 heterocycles. The quantitative estimate of drug-likeness (QED) is 0.647. The first-order chi connectivity index (χ1) is 14.9. The van der Waals surface area contributed by atoms with Crippen molar-refractivity contribution >= 4 is 28.3 Å². The van der Waals surface area contributed by atoms with E-state index in [1.165, 1.54) is 11.3 Å². The molecule has 0 fully saturated rings. The van der Waals surface area contributed by atoms with Gasteiger partial charge >= 0.3 is 0 Å². The van der Waals surface area contributed by atoms with Crippen molar-refractivity contribution in [1.29, 1.82) is 0 Å². The molecule has 0 radical (unpaired) electrons. The van der Waals surface area contributed by atoms with Crippen LogP contribution in [0.25, 0.3) is 0 Å². The third-order valence-corrected chi connectivity index (χ3v) is 6.62. The van der Waals surface area contributed by atoms with Crippen LogP contribution in [0.2, 0.25) is 0 Å². The van der Waals surface area contributed by atoms with Crippen LogP contribution in [0.15, 0.2) is 48.5 Å². The van der Waals surface area contributed by atoms with Gasteiger partial charge in [-0.3, -0.25) is 14.9 Å². The van der Waals surface area contributed by atoms with E-state index in [1.807, 2.05) is 56.3 Å². The number of rotatable bonds is 5. The van der Waals surface area contributed by atoms with Gasteiger partial charge in [0.25, 0.3) is 5.91 Å². The minimum Gasteiger partial charge on any atom is -0.497 e. The Labute approximate surface area is 185 Å². The molecular formula is C23H24N4O3S. The molecule has 1 N–H and O–H groups in total. The van der Waals surface area contributed by atoms with Crippen LogP contribution >= 0.6 is 11.3 Å². The zero-order valence-corrected chi connectivity index (χ0v) is 18.6. The van der Waals surface area contributed by atoms with E-state index in [-0.39, 0.29) is 17.7 Å². The maximum Gasteiger partial charge on any atom is 0.254 e. The number of nitrogens with zero attached hydrogens (tertiary/aromatic N) is 3. The SMILES string of the molecule is COc1ccc([C@@H]2[C@@H](C(=O)Nc3nnc(C(C)C)s3)c3ccccc3C(=O)N2C)cc1. The zero-order valence-electron chi connectivity index (χ0n) is 17.8. The molecule has 2 amide bonds. The summed E-state index contributed by atoms with van der Waals surface area (Å²) in [5.74, 6) is 0.00984. The Bertz CT molecular complexity index is 1110. The highest BCUT2D eigenvalue weighted by Gasteiger charge is 2.42. The lowest BCUT2D eigenvalue weighted by molar-refractivity contribution is -0.119. The van der Waals surface area contributed by atoms with Gasteiger partial charge < -0.3 is 9.64 Å². The van der Waals surface area contributed by atoms with E-state index < -0.39 is 12.0 Å². The van der Waals surface area contributed by atoms with Crippen molar-refractivity contribution in [1.82, 2.24) is 15.1 Å². The highest BCUT2D eigenvalue weighted by Crippen LogP contribution is 2.43. The fourth-order valence-corrected chi connectivity index (χ4v) is 4.63. The first kappa shape index (κ1) is 21.0. The number of carbonyl (C=O) groups is 2. The molecule has 3 aromatic rings. The number of benzene rings is 2. The number of hydrogen-bond acceptors (Lipinski definition) is 6. The summed E-state index contributed by atoms with van der Waals surface area (Å²) in [6, 6.07) is 14.3. The molecule has 1 aromatic heterocycles. The molecule has 0 spiro atoms. The second-order valence-corrected chi connectivity index (χ2v) is 8.80. The fourth-order valence-electron chi connectivity index (χ4n) is 3.88. The zero-order chi connectivity index (χ0) is 22.1. The van der Waals surface area contributed by atoms with Gasteiger partial charge in [-0.25, -0.2) is 0 Å². The third kappa shape index (κ3) is 3.90. The number of anilines is 1. The number of likely N-dealkylation sites (N-methyl/N-ethyl adjacent to an activating group) is 1. The summed E-state index contributed by atoms with van der Waals surface area (Å²) in [7, 11) is 3.33. The molecule has 1 aliphatic heterocycles. The van der Waals surface area contributed by atoms with Crippen LogP contribution in [0.4, 0.5) is 5.13 Å². The molecule has 4 rings (SSSR count). The number of carbonyl (C=O) groups excluding carboxylic acids is 2. The van der Waals surface area contributed by atoms with Crippen LogP contribution in [0.3, 0.4) is 0 Å². The summed E-state index contributed by atoms with van der Waals surface area (Å²) >= 11 is 1.37. The van der Waals surface area contributed by atoms with Crippen LogP contribution < -0.4 is 10.1 Å². The van der Waals surface area contributed by atoms with Gasteiger partial charge in [0.15, 0.2) is 0 Å². The predicted octanol–water partition coefficient (Wildman–Crippen LogP) is 4.22. The number of amides is 2. The second kappa shape index (κ2) is 8.47. The Morgan fingerprint density at radius 3 is 2.48 bits per heavy atom. The number of ether oxygens (including phenoxy) is 1. The van der Waals surface area contributed by atoms with Gasteiger partial charge in [0.05, 0.1) is 19.1 Å². The van der Waals surface area contributed by atoms with Gasteiger partial charge in [-0.2, -0.15) is 0 Å². The second-order valence-electron chi connectivity index (χ2n) is 7.79. The summed E-state index contributed by atoms with van der Waals surface area (Å²) in [6.45, 7) is 4.06. The lowest BCUT2D eigenvalue weighted by Gasteiger charge is -2.39. The number of methoxy groups -OCH3 is 1. The van der Waals surface area contributed by atoms with Crippen molar-refractivity contribution in [3.05, 3.63) is 70.2 Å². The van der Waals surface area contributed by atoms with Gasteiger partial charge in [-0.05, 0) is 29.3 Å². The summed E-state index contributed by atoms with van der Waals surface area (Å²) < 4.78 is 5.26. The van der Waals surface area contributed by atoms with Crippen LogP contribution in [0, 0.1) is 0 Å². The Balaban J connectivity index is 1.76. The molecule has 0 saturated carbocycles. The third-order valence-electron chi connectivity index (χ3n) is 5.48. The monoisotopic (exact) mass is 436 g/mol. The average molecular weight is 437 g/mol. The molecule has 8 heteroatoms. The van der Waals surface area contributed by atoms with E-state index in [2.05, 4.69) is 15.5 Å². The number of aromatic nitrogens is 2. The van der Waals surface area contributed by atoms with E-state index in [0.717, 1.165) is 10.6 Å². The van der Waals surface area contributed by atoms with E-state index in [0.29, 0.717) is 22.0 Å². The number of hydrogen-bond donors (Lipinski definition) is 1. The highest BCUT2D eigenvalue weighted by molar-refractivity contribution is 7.15. The van der Waals surface area contributed by atoms with Gasteiger partial charge in [0.1, 0.15) is 10.8 Å². The fraction of sp³-hybridized carbons (Fsp3) is 0.304. The molecule has 0 bridgehead atoms. The largest absolute Gasteiger partial charge is 0.497 e. The van der Waals surface area contributed by atoms with Gasteiger partial charge in [0, 0.05) is 18.5 Å². The molecular weight excluding hydrogens is 412 g/mol. The Hall–Kier alpha value is -3.26. The summed E-state index contributed by atoms with van der Waals surface area (Å²) in [6.07, 6.45) is 0. The number of fused-ring (bicyclic) bond motifs is 1. The van der Waals surface area contributed by atoms with E-state index >= 15 is 0 Å². The van der Waals surface area contributed by atoms with Crippen molar-refractivity contribution in [2.75, 3.05) is 19.5 Å². The maximum atomic E-state index is 13.5. The smallest absolute Gasteiger partial charge is 0.254 e. The van der Waals surface area contributed by atoms with Crippen molar-refractivity contribution in [3.8, 4) is 5.75 Å². The lowest BCUT2D eigenvalue weighted by Crippen LogP contribution is -2.44. The van der Waals surface area contributed by atoms with Crippen molar-refractivity contribution < 1.29 is 14.3 Å². The van der Waals surface area contributed by atoms with Crippen molar-refractivity contribution in [2.45, 2.75) is 31.7 Å². The molecule has 1 aliphatic rings. The topological polar surface area (TPSA) is 84.4 Å². The summed E-state index contributed by atoms with van der Waals surface area (Å²) in [4.78, 5) is 28.2. The van der Waals surface area contributed by atoms with Crippen LogP contribution in [0.1, 0.15) is 58.2 Å². The van der Waals surface area contributed by atoms with Crippen molar-refractivity contribution in [3.63, 3.8) is 0 Å². The normalized spacial score (nSPS) is 18.1. The minimum absolute atomic E-state index is 0.113. The van der Waals surface area contributed by atoms with Crippen LogP contribution in [0.5, 0.6) is 5.75 Å². The van der Waals surface area contributed by atoms with Crippen molar-refractivity contribution in [2.24, 2.45) is 0 Å². The molecule has 2 atom stereocenters. The van der Waals surface area contributed by atoms with E-state index in [9.17, 15) is 9.59 Å². The van der Waals surface area contributed by atoms with Gasteiger partial charge in [-0.15, -0.1) is 10.2 Å². The summed E-state index contributed by atoms with van der Waals surface area (Å²) in [5, 5.41) is 12.5. The van der Waals surface area contributed by atoms with Crippen LogP contribution in [-0.4, -0.2) is 41.1 Å². The summed E-state index contributed by atoms with van der Waals surface area (Å²) in [5.41, 5.74) is 2.10. The lowest BCUT2D eigenvalue weighted by atomic mass is 9.79. The first-order valence-electron chi connectivity index (χ1n) is 10.0. The number of nitrogens with one attached hydrogen (secondary N) is 1. The van der Waals surface area contributed by atoms with Gasteiger partial charge in [0.2, 0.25) is 11.0 Å². The minimum atomic E-state index is -0.598. The highest BCUT2D eigenvalue weighted by atomic mass is 32.1. The first-order valence-corrected chi connectivity index (χ1v) is 10.9. The molecule has 160 valence electrons. The Kier molecular flexibility index (Phi) is 5.73. The van der Waals surface area contributed by atoms with E-state index in [1.54, 1.807) is 25.1 Å². The van der Waals surface area contributed by atoms with Crippen LogP contribution in [-0.2, 0) is 4.79 Å². The maximum absolute atomic E-state index is 13.5. The molecule has 0 unspecified atom stereocenters. The predicted molar refractivity (Wildman–Crippen MR) is 120 cm³/mol. The molecule has 31 heavy (non-hydrogen) atoms.